The summed E-state index contributed by atoms with van der Waals surface area (Å²) >= 11 is 0. The van der Waals surface area contributed by atoms with Gasteiger partial charge in [-0.1, -0.05) is 0 Å². The molecule has 0 aromatic carbocycles. The Hall–Kier alpha value is -1.15. The summed E-state index contributed by atoms with van der Waals surface area (Å²) in [6.07, 6.45) is 0.578. The Morgan fingerprint density at radius 1 is 1.16 bits per heavy atom. The highest BCUT2D eigenvalue weighted by molar-refractivity contribution is 7.89. The van der Waals surface area contributed by atoms with E-state index in [1.807, 2.05) is 0 Å². The molecule has 1 rings (SSSR count). The van der Waals surface area contributed by atoms with Gasteiger partial charge >= 0.3 is 5.97 Å². The standard InChI is InChI=1S/C11H20N2O5S/c1-10(14)12-5-3-6-13(8-7-12)19(17,18)9-2-4-11(15)16/h2-9H2,1H3,(H,15,16). The van der Waals surface area contributed by atoms with Gasteiger partial charge in [-0.15, -0.1) is 0 Å². The van der Waals surface area contributed by atoms with Crippen molar-refractivity contribution in [3.63, 3.8) is 0 Å². The number of carbonyl (C=O) groups excluding carboxylic acids is 1. The Labute approximate surface area is 113 Å². The number of hydrogen-bond acceptors (Lipinski definition) is 4. The van der Waals surface area contributed by atoms with Crippen molar-refractivity contribution in [1.82, 2.24) is 9.21 Å². The van der Waals surface area contributed by atoms with Gasteiger partial charge in [0.25, 0.3) is 0 Å². The Morgan fingerprint density at radius 3 is 2.42 bits per heavy atom. The van der Waals surface area contributed by atoms with E-state index >= 15 is 0 Å². The summed E-state index contributed by atoms with van der Waals surface area (Å²) in [5.74, 6) is -1.20. The molecule has 0 aliphatic carbocycles. The molecule has 1 heterocycles. The molecule has 8 heteroatoms. The Bertz CT molecular complexity index is 434. The fourth-order valence-corrected chi connectivity index (χ4v) is 3.56. The first-order valence-corrected chi connectivity index (χ1v) is 7.89. The molecule has 0 unspecified atom stereocenters. The maximum absolute atomic E-state index is 12.0. The van der Waals surface area contributed by atoms with Gasteiger partial charge in [0.1, 0.15) is 0 Å². The summed E-state index contributed by atoms with van der Waals surface area (Å²) < 4.78 is 25.4. The highest BCUT2D eigenvalue weighted by atomic mass is 32.2. The molecule has 0 saturated carbocycles. The lowest BCUT2D eigenvalue weighted by molar-refractivity contribution is -0.137. The second kappa shape index (κ2) is 6.85. The van der Waals surface area contributed by atoms with Crippen LogP contribution >= 0.6 is 0 Å². The predicted octanol–water partition coefficient (Wildman–Crippen LogP) is -0.265. The lowest BCUT2D eigenvalue weighted by Gasteiger charge is -2.20. The van der Waals surface area contributed by atoms with Crippen molar-refractivity contribution in [1.29, 1.82) is 0 Å². The van der Waals surface area contributed by atoms with Crippen molar-refractivity contribution in [2.45, 2.75) is 26.2 Å². The Kier molecular flexibility index (Phi) is 5.74. The van der Waals surface area contributed by atoms with E-state index in [0.29, 0.717) is 26.1 Å². The largest absolute Gasteiger partial charge is 0.481 e. The van der Waals surface area contributed by atoms with Crippen molar-refractivity contribution < 1.29 is 23.1 Å². The summed E-state index contributed by atoms with van der Waals surface area (Å²) in [6.45, 7) is 3.11. The summed E-state index contributed by atoms with van der Waals surface area (Å²) in [4.78, 5) is 23.3. The van der Waals surface area contributed by atoms with Crippen molar-refractivity contribution in [2.75, 3.05) is 31.9 Å². The van der Waals surface area contributed by atoms with E-state index in [0.717, 1.165) is 0 Å². The van der Waals surface area contributed by atoms with Crippen LogP contribution in [0.1, 0.15) is 26.2 Å². The van der Waals surface area contributed by atoms with Gasteiger partial charge in [-0.25, -0.2) is 12.7 Å². The quantitative estimate of drug-likeness (QED) is 0.753. The number of nitrogens with zero attached hydrogens (tertiary/aromatic N) is 2. The molecule has 1 amide bonds. The molecule has 0 atom stereocenters. The maximum atomic E-state index is 12.0. The van der Waals surface area contributed by atoms with Gasteiger partial charge in [0.05, 0.1) is 5.75 Å². The molecule has 1 fully saturated rings. The molecule has 0 aromatic heterocycles. The third-order valence-electron chi connectivity index (χ3n) is 3.09. The zero-order chi connectivity index (χ0) is 14.5. The fraction of sp³-hybridized carbons (Fsp3) is 0.818. The minimum Gasteiger partial charge on any atom is -0.481 e. The lowest BCUT2D eigenvalue weighted by Crippen LogP contribution is -2.37. The van der Waals surface area contributed by atoms with Crippen molar-refractivity contribution in [2.24, 2.45) is 0 Å². The summed E-state index contributed by atoms with van der Waals surface area (Å²) in [7, 11) is -3.42. The number of sulfonamides is 1. The number of carboxylic acids is 1. The van der Waals surface area contributed by atoms with E-state index in [1.165, 1.54) is 11.2 Å². The van der Waals surface area contributed by atoms with Gasteiger partial charge in [0.15, 0.2) is 0 Å². The average molecular weight is 292 g/mol. The molecule has 110 valence electrons. The van der Waals surface area contributed by atoms with Gasteiger partial charge < -0.3 is 10.0 Å². The number of carbonyl (C=O) groups is 2. The lowest BCUT2D eigenvalue weighted by atomic mass is 10.3. The van der Waals surface area contributed by atoms with Crippen LogP contribution in [0.5, 0.6) is 0 Å². The first-order chi connectivity index (χ1) is 8.83. The van der Waals surface area contributed by atoms with Gasteiger partial charge in [0.2, 0.25) is 15.9 Å². The highest BCUT2D eigenvalue weighted by Gasteiger charge is 2.25. The second-order valence-electron chi connectivity index (χ2n) is 4.57. The molecule has 1 aliphatic rings. The third-order valence-corrected chi connectivity index (χ3v) is 5.04. The first-order valence-electron chi connectivity index (χ1n) is 6.28. The number of aliphatic carboxylic acids is 1. The third kappa shape index (κ3) is 5.15. The van der Waals surface area contributed by atoms with Crippen molar-refractivity contribution in [3.8, 4) is 0 Å². The van der Waals surface area contributed by atoms with Crippen molar-refractivity contribution >= 4 is 21.9 Å². The molecule has 1 aliphatic heterocycles. The smallest absolute Gasteiger partial charge is 0.303 e. The molecule has 0 spiro atoms. The van der Waals surface area contributed by atoms with Crippen LogP contribution in [-0.2, 0) is 19.6 Å². The Morgan fingerprint density at radius 2 is 1.84 bits per heavy atom. The van der Waals surface area contributed by atoms with Crippen molar-refractivity contribution in [3.05, 3.63) is 0 Å². The second-order valence-corrected chi connectivity index (χ2v) is 6.66. The monoisotopic (exact) mass is 292 g/mol. The normalized spacial score (nSPS) is 18.1. The van der Waals surface area contributed by atoms with Crippen LogP contribution in [0.4, 0.5) is 0 Å². The number of amides is 1. The summed E-state index contributed by atoms with van der Waals surface area (Å²) in [5, 5.41) is 8.51. The van der Waals surface area contributed by atoms with E-state index in [-0.39, 0.29) is 31.0 Å². The van der Waals surface area contributed by atoms with E-state index in [2.05, 4.69) is 0 Å². The van der Waals surface area contributed by atoms with E-state index in [1.54, 1.807) is 4.90 Å². The SMILES string of the molecule is CC(=O)N1CCCN(S(=O)(=O)CCCC(=O)O)CC1. The topological polar surface area (TPSA) is 95.0 Å². The molecule has 0 bridgehead atoms. The molecule has 1 N–H and O–H groups in total. The van der Waals surface area contributed by atoms with Crippen LogP contribution < -0.4 is 0 Å². The maximum Gasteiger partial charge on any atom is 0.303 e. The van der Waals surface area contributed by atoms with Crippen LogP contribution in [0.2, 0.25) is 0 Å². The van der Waals surface area contributed by atoms with Crippen LogP contribution in [0.25, 0.3) is 0 Å². The van der Waals surface area contributed by atoms with Gasteiger partial charge in [-0.3, -0.25) is 9.59 Å². The number of carboxylic acid groups (broad SMARTS) is 1. The molecule has 0 aromatic rings. The fourth-order valence-electron chi connectivity index (χ4n) is 2.02. The molecule has 19 heavy (non-hydrogen) atoms. The summed E-state index contributed by atoms with van der Waals surface area (Å²) in [6, 6.07) is 0. The number of hydrogen-bond donors (Lipinski definition) is 1. The Balaban J connectivity index is 2.54. The first kappa shape index (κ1) is 15.9. The van der Waals surface area contributed by atoms with E-state index in [4.69, 9.17) is 5.11 Å². The number of rotatable bonds is 5. The van der Waals surface area contributed by atoms with Gasteiger partial charge in [-0.05, 0) is 12.8 Å². The highest BCUT2D eigenvalue weighted by Crippen LogP contribution is 2.10. The molecule has 0 radical (unpaired) electrons. The zero-order valence-electron chi connectivity index (χ0n) is 11.0. The predicted molar refractivity (Wildman–Crippen MR) is 69.1 cm³/mol. The van der Waals surface area contributed by atoms with Gasteiger partial charge in [0, 0.05) is 39.5 Å². The summed E-state index contributed by atoms with van der Waals surface area (Å²) in [5.41, 5.74) is 0. The van der Waals surface area contributed by atoms with Crippen LogP contribution in [-0.4, -0.2) is 66.5 Å². The van der Waals surface area contributed by atoms with E-state index < -0.39 is 16.0 Å². The molecule has 7 nitrogen and oxygen atoms in total. The van der Waals surface area contributed by atoms with Crippen LogP contribution in [0, 0.1) is 0 Å². The molecular weight excluding hydrogens is 272 g/mol. The van der Waals surface area contributed by atoms with Crippen LogP contribution in [0.15, 0.2) is 0 Å². The zero-order valence-corrected chi connectivity index (χ0v) is 11.9. The minimum absolute atomic E-state index is 0.0508. The molecule has 1 saturated heterocycles. The molecular formula is C11H20N2O5S. The van der Waals surface area contributed by atoms with E-state index in [9.17, 15) is 18.0 Å². The minimum atomic E-state index is -3.42. The average Bonchev–Trinajstić information content (AvgIpc) is 2.53. The van der Waals surface area contributed by atoms with Crippen LogP contribution in [0.3, 0.4) is 0 Å². The van der Waals surface area contributed by atoms with Gasteiger partial charge in [-0.2, -0.15) is 0 Å².